The Balaban J connectivity index is 1.36. The Kier molecular flexibility index (Phi) is 11.6. The van der Waals surface area contributed by atoms with E-state index in [1.165, 1.54) is 0 Å². The lowest BCUT2D eigenvalue weighted by Gasteiger charge is -2.55. The zero-order chi connectivity index (χ0) is 35.7. The molecule has 1 aliphatic rings. The normalized spacial score (nSPS) is 19.4. The number of nitrogens with zero attached hydrogens (tertiary/aromatic N) is 3. The number of carboxylic acid groups (broad SMARTS) is 1. The van der Waals surface area contributed by atoms with Crippen LogP contribution in [-0.2, 0) is 27.5 Å². The fourth-order valence-corrected chi connectivity index (χ4v) is 6.80. The van der Waals surface area contributed by atoms with Crippen molar-refractivity contribution in [1.82, 2.24) is 9.80 Å². The first-order valence-corrected chi connectivity index (χ1v) is 17.0. The smallest absolute Gasteiger partial charge is 0.308 e. The van der Waals surface area contributed by atoms with Gasteiger partial charge in [-0.05, 0) is 79.4 Å². The predicted molar refractivity (Wildman–Crippen MR) is 189 cm³/mol. The first-order chi connectivity index (χ1) is 24.2. The number of carbonyl (C=O) groups is 3. The van der Waals surface area contributed by atoms with Crippen LogP contribution in [0.4, 0.5) is 0 Å². The molecule has 50 heavy (non-hydrogen) atoms. The standard InChI is InChI=1S/C41H43N3O6/c1-4-24-43(27-29-16-20-33(21-17-29)49-31-12-8-6-9-13-31)38(45)37-36(39(46)47)35(26-42)41(37,3)40(48)44(25-5-2)28-30-18-22-34(23-19-30)50-32-14-10-7-11-15-32/h6-23,35-37H,4-5,24-25,27-28H2,1-3H3,(H,46,47). The van der Waals surface area contributed by atoms with Crippen molar-refractivity contribution in [3.05, 3.63) is 120 Å². The van der Waals surface area contributed by atoms with Crippen molar-refractivity contribution in [2.45, 2.75) is 46.7 Å². The van der Waals surface area contributed by atoms with Gasteiger partial charge in [-0.2, -0.15) is 5.26 Å². The average molecular weight is 674 g/mol. The number of hydrogen-bond acceptors (Lipinski definition) is 6. The Hall–Kier alpha value is -5.62. The highest BCUT2D eigenvalue weighted by atomic mass is 16.5. The summed E-state index contributed by atoms with van der Waals surface area (Å²) >= 11 is 0. The number of nitriles is 1. The van der Waals surface area contributed by atoms with Gasteiger partial charge in [-0.25, -0.2) is 0 Å². The minimum Gasteiger partial charge on any atom is -0.481 e. The molecule has 4 aromatic carbocycles. The molecule has 1 saturated carbocycles. The highest BCUT2D eigenvalue weighted by Gasteiger charge is 2.70. The summed E-state index contributed by atoms with van der Waals surface area (Å²) in [7, 11) is 0. The van der Waals surface area contributed by atoms with Gasteiger partial charge in [-0.3, -0.25) is 14.4 Å². The molecule has 5 rings (SSSR count). The lowest BCUT2D eigenvalue weighted by atomic mass is 9.46. The monoisotopic (exact) mass is 673 g/mol. The Labute approximate surface area is 293 Å². The van der Waals surface area contributed by atoms with Crippen LogP contribution in [0.1, 0.15) is 44.7 Å². The molecule has 4 unspecified atom stereocenters. The Morgan fingerprint density at radius 3 is 1.54 bits per heavy atom. The largest absolute Gasteiger partial charge is 0.481 e. The van der Waals surface area contributed by atoms with Gasteiger partial charge in [0.2, 0.25) is 11.8 Å². The molecule has 0 aromatic heterocycles. The predicted octanol–water partition coefficient (Wildman–Crippen LogP) is 7.93. The van der Waals surface area contributed by atoms with Crippen molar-refractivity contribution < 1.29 is 29.0 Å². The Morgan fingerprint density at radius 1 is 0.700 bits per heavy atom. The minimum atomic E-state index is -1.53. The summed E-state index contributed by atoms with van der Waals surface area (Å²) in [4.78, 5) is 44.7. The molecule has 9 nitrogen and oxygen atoms in total. The van der Waals surface area contributed by atoms with Gasteiger partial charge in [0, 0.05) is 26.2 Å². The topological polar surface area (TPSA) is 120 Å². The molecule has 0 saturated heterocycles. The van der Waals surface area contributed by atoms with E-state index in [4.69, 9.17) is 9.47 Å². The molecule has 258 valence electrons. The van der Waals surface area contributed by atoms with Crippen LogP contribution in [0.5, 0.6) is 23.0 Å². The second-order valence-corrected chi connectivity index (χ2v) is 12.8. The van der Waals surface area contributed by atoms with E-state index in [2.05, 4.69) is 6.07 Å². The van der Waals surface area contributed by atoms with Crippen LogP contribution in [0.2, 0.25) is 0 Å². The molecule has 4 aromatic rings. The van der Waals surface area contributed by atoms with Crippen LogP contribution in [0.15, 0.2) is 109 Å². The third-order valence-electron chi connectivity index (χ3n) is 9.30. The number of aliphatic carboxylic acids is 1. The van der Waals surface area contributed by atoms with E-state index in [9.17, 15) is 24.8 Å². The quantitative estimate of drug-likeness (QED) is 0.136. The highest BCUT2D eigenvalue weighted by Crippen LogP contribution is 2.57. The summed E-state index contributed by atoms with van der Waals surface area (Å²) < 4.78 is 11.8. The second kappa shape index (κ2) is 16.2. The summed E-state index contributed by atoms with van der Waals surface area (Å²) in [5.74, 6) is -3.07. The molecular formula is C41H43N3O6. The molecule has 0 aliphatic heterocycles. The van der Waals surface area contributed by atoms with E-state index in [0.29, 0.717) is 48.9 Å². The number of rotatable bonds is 15. The van der Waals surface area contributed by atoms with Crippen molar-refractivity contribution in [1.29, 1.82) is 5.26 Å². The maximum atomic E-state index is 14.5. The second-order valence-electron chi connectivity index (χ2n) is 12.8. The summed E-state index contributed by atoms with van der Waals surface area (Å²) in [5.41, 5.74) is 0.143. The van der Waals surface area contributed by atoms with Crippen molar-refractivity contribution >= 4 is 17.8 Å². The van der Waals surface area contributed by atoms with Gasteiger partial charge in [-0.15, -0.1) is 0 Å². The van der Waals surface area contributed by atoms with Gasteiger partial charge >= 0.3 is 5.97 Å². The van der Waals surface area contributed by atoms with E-state index in [1.807, 2.05) is 123 Å². The summed E-state index contributed by atoms with van der Waals surface area (Å²) in [6.45, 7) is 6.67. The average Bonchev–Trinajstić information content (AvgIpc) is 3.12. The first-order valence-electron chi connectivity index (χ1n) is 17.0. The van der Waals surface area contributed by atoms with Crippen molar-refractivity contribution in [2.24, 2.45) is 23.2 Å². The molecule has 0 heterocycles. The molecule has 2 amide bonds. The van der Waals surface area contributed by atoms with Gasteiger partial charge in [0.15, 0.2) is 0 Å². The summed E-state index contributed by atoms with van der Waals surface area (Å²) in [6, 6.07) is 35.7. The van der Waals surface area contributed by atoms with Crippen molar-refractivity contribution in [3.63, 3.8) is 0 Å². The number of carboxylic acids is 1. The molecular weight excluding hydrogens is 630 g/mol. The van der Waals surface area contributed by atoms with Gasteiger partial charge in [0.1, 0.15) is 23.0 Å². The van der Waals surface area contributed by atoms with Crippen molar-refractivity contribution in [2.75, 3.05) is 13.1 Å². The number of carbonyl (C=O) groups excluding carboxylic acids is 2. The van der Waals surface area contributed by atoms with E-state index in [1.54, 1.807) is 16.7 Å². The third kappa shape index (κ3) is 7.81. The number of para-hydroxylation sites is 2. The SMILES string of the molecule is CCCN(Cc1ccc(Oc2ccccc2)cc1)C(=O)C1C(C(=O)O)C(C#N)C1(C)C(=O)N(CCC)Cc1ccc(Oc2ccccc2)cc1. The zero-order valence-electron chi connectivity index (χ0n) is 28.7. The van der Waals surface area contributed by atoms with Gasteiger partial charge in [0.05, 0.1) is 29.2 Å². The molecule has 1 N–H and O–H groups in total. The number of ether oxygens (including phenoxy) is 2. The number of benzene rings is 4. The maximum Gasteiger partial charge on any atom is 0.308 e. The third-order valence-corrected chi connectivity index (χ3v) is 9.30. The summed E-state index contributed by atoms with van der Waals surface area (Å²) in [6.07, 6.45) is 1.27. The molecule has 0 spiro atoms. The Morgan fingerprint density at radius 2 is 1.12 bits per heavy atom. The molecule has 0 bridgehead atoms. The van der Waals surface area contributed by atoms with Crippen LogP contribution in [0.3, 0.4) is 0 Å². The van der Waals surface area contributed by atoms with Crippen LogP contribution in [0.25, 0.3) is 0 Å². The lowest BCUT2D eigenvalue weighted by molar-refractivity contribution is -0.190. The van der Waals surface area contributed by atoms with Crippen LogP contribution >= 0.6 is 0 Å². The van der Waals surface area contributed by atoms with Crippen LogP contribution in [0, 0.1) is 34.5 Å². The van der Waals surface area contributed by atoms with Gasteiger partial charge in [-0.1, -0.05) is 74.5 Å². The van der Waals surface area contributed by atoms with E-state index >= 15 is 0 Å². The van der Waals surface area contributed by atoms with Crippen molar-refractivity contribution in [3.8, 4) is 29.1 Å². The van der Waals surface area contributed by atoms with Gasteiger partial charge < -0.3 is 24.4 Å². The molecule has 1 fully saturated rings. The number of hydrogen-bond donors (Lipinski definition) is 1. The molecule has 4 atom stereocenters. The van der Waals surface area contributed by atoms with E-state index in [0.717, 1.165) is 11.1 Å². The fraction of sp³-hybridized carbons (Fsp3) is 0.317. The number of amides is 2. The first kappa shape index (κ1) is 35.7. The minimum absolute atomic E-state index is 0.221. The fourth-order valence-electron chi connectivity index (χ4n) is 6.80. The Bertz CT molecular complexity index is 1790. The van der Waals surface area contributed by atoms with E-state index < -0.39 is 41.0 Å². The summed E-state index contributed by atoms with van der Waals surface area (Å²) in [5, 5.41) is 20.5. The van der Waals surface area contributed by atoms with E-state index in [-0.39, 0.29) is 13.1 Å². The molecule has 1 aliphatic carbocycles. The van der Waals surface area contributed by atoms with Gasteiger partial charge in [0.25, 0.3) is 0 Å². The molecule has 9 heteroatoms. The highest BCUT2D eigenvalue weighted by molar-refractivity contribution is 5.98. The van der Waals surface area contributed by atoms with Crippen LogP contribution in [-0.4, -0.2) is 45.8 Å². The maximum absolute atomic E-state index is 14.5. The molecule has 0 radical (unpaired) electrons. The zero-order valence-corrected chi connectivity index (χ0v) is 28.7. The van der Waals surface area contributed by atoms with Crippen LogP contribution < -0.4 is 9.47 Å². The lowest BCUT2D eigenvalue weighted by Crippen LogP contribution is -2.68.